The van der Waals surface area contributed by atoms with Crippen LogP contribution in [-0.2, 0) is 4.74 Å². The average Bonchev–Trinajstić information content (AvgIpc) is 2.61. The molecule has 0 aliphatic carbocycles. The number of unbranched alkanes of at least 4 members (excludes halogenated alkanes) is 1. The molecule has 0 unspecified atom stereocenters. The van der Waals surface area contributed by atoms with Gasteiger partial charge in [0.1, 0.15) is 0 Å². The van der Waals surface area contributed by atoms with Crippen molar-refractivity contribution in [1.29, 1.82) is 0 Å². The van der Waals surface area contributed by atoms with Gasteiger partial charge in [-0.25, -0.2) is 0 Å². The Kier molecular flexibility index (Phi) is 14.8. The van der Waals surface area contributed by atoms with Crippen LogP contribution in [0.4, 0.5) is 0 Å². The molecule has 154 valence electrons. The molecule has 0 aliphatic heterocycles. The van der Waals surface area contributed by atoms with Crippen LogP contribution >= 0.6 is 0 Å². The molecule has 0 radical (unpaired) electrons. The number of rotatable bonds is 13. The molecule has 0 fully saturated rings. The lowest BCUT2D eigenvalue weighted by Crippen LogP contribution is -2.43. The van der Waals surface area contributed by atoms with Crippen LogP contribution in [0.1, 0.15) is 33.1 Å². The molecule has 0 heterocycles. The first kappa shape index (κ1) is 26.9. The van der Waals surface area contributed by atoms with Gasteiger partial charge in [0.2, 0.25) is 0 Å². The predicted molar refractivity (Wildman–Crippen MR) is 90.6 cm³/mol. The van der Waals surface area contributed by atoms with Crippen LogP contribution in [0.5, 0.6) is 0 Å². The van der Waals surface area contributed by atoms with E-state index in [1.807, 2.05) is 6.92 Å². The molecule has 0 saturated carbocycles. The van der Waals surface area contributed by atoms with Crippen molar-refractivity contribution >= 4 is 0 Å². The Bertz CT molecular complexity index is 260. The third kappa shape index (κ3) is 11.8. The molecule has 9 heteroatoms. The van der Waals surface area contributed by atoms with E-state index >= 15 is 0 Å². The SMILES string of the molecule is CCCCC(C)(O)O.OCC(CO)(CO)COCC(CO)(CO)CO. The number of hydrogen-bond donors (Lipinski definition) is 8. The smallest absolute Gasteiger partial charge is 0.159 e. The van der Waals surface area contributed by atoms with Crippen molar-refractivity contribution in [3.8, 4) is 0 Å². The Morgan fingerprint density at radius 1 is 0.680 bits per heavy atom. The second-order valence-electron chi connectivity index (χ2n) is 6.76. The quantitative estimate of drug-likeness (QED) is 0.167. The van der Waals surface area contributed by atoms with Gasteiger partial charge in [0.25, 0.3) is 0 Å². The second-order valence-corrected chi connectivity index (χ2v) is 6.76. The first-order valence-corrected chi connectivity index (χ1v) is 8.31. The predicted octanol–water partition coefficient (Wildman–Crippen LogP) is -2.19. The summed E-state index contributed by atoms with van der Waals surface area (Å²) in [5.74, 6) is -1.45. The number of aliphatic hydroxyl groups excluding tert-OH is 6. The Labute approximate surface area is 149 Å². The molecular formula is C16H36O9. The van der Waals surface area contributed by atoms with Crippen LogP contribution < -0.4 is 0 Å². The van der Waals surface area contributed by atoms with Crippen LogP contribution in [0.25, 0.3) is 0 Å². The summed E-state index contributed by atoms with van der Waals surface area (Å²) in [5, 5.41) is 71.6. The van der Waals surface area contributed by atoms with Crippen molar-refractivity contribution in [3.63, 3.8) is 0 Å². The molecule has 0 saturated heterocycles. The van der Waals surface area contributed by atoms with Gasteiger partial charge in [0, 0.05) is 6.42 Å². The van der Waals surface area contributed by atoms with Gasteiger partial charge in [-0.1, -0.05) is 13.3 Å². The van der Waals surface area contributed by atoms with Gasteiger partial charge in [-0.05, 0) is 13.3 Å². The van der Waals surface area contributed by atoms with Gasteiger partial charge < -0.3 is 45.6 Å². The van der Waals surface area contributed by atoms with E-state index in [9.17, 15) is 0 Å². The summed E-state index contributed by atoms with van der Waals surface area (Å²) in [4.78, 5) is 0. The Balaban J connectivity index is 0. The fourth-order valence-corrected chi connectivity index (χ4v) is 1.57. The first-order valence-electron chi connectivity index (χ1n) is 8.31. The third-order valence-corrected chi connectivity index (χ3v) is 3.83. The van der Waals surface area contributed by atoms with Gasteiger partial charge in [0.05, 0.1) is 63.7 Å². The summed E-state index contributed by atoms with van der Waals surface area (Å²) in [6.07, 6.45) is 2.36. The zero-order chi connectivity index (χ0) is 20.0. The molecule has 0 atom stereocenters. The van der Waals surface area contributed by atoms with Crippen LogP contribution in [0.3, 0.4) is 0 Å². The van der Waals surface area contributed by atoms with Crippen LogP contribution in [0, 0.1) is 10.8 Å². The molecule has 0 spiro atoms. The topological polar surface area (TPSA) is 171 Å². The normalized spacial score (nSPS) is 12.7. The second kappa shape index (κ2) is 13.8. The van der Waals surface area contributed by atoms with Crippen molar-refractivity contribution in [2.75, 3.05) is 52.9 Å². The molecule has 0 rings (SSSR count). The van der Waals surface area contributed by atoms with E-state index in [0.717, 1.165) is 12.8 Å². The Hall–Kier alpha value is -0.360. The zero-order valence-corrected chi connectivity index (χ0v) is 15.3. The van der Waals surface area contributed by atoms with E-state index in [1.54, 1.807) is 0 Å². The van der Waals surface area contributed by atoms with Gasteiger partial charge in [0.15, 0.2) is 5.79 Å². The summed E-state index contributed by atoms with van der Waals surface area (Å²) in [7, 11) is 0. The molecule has 0 amide bonds. The summed E-state index contributed by atoms with van der Waals surface area (Å²) in [6, 6.07) is 0. The Morgan fingerprint density at radius 3 is 1.16 bits per heavy atom. The largest absolute Gasteiger partial charge is 0.396 e. The van der Waals surface area contributed by atoms with E-state index in [4.69, 9.17) is 45.6 Å². The lowest BCUT2D eigenvalue weighted by Gasteiger charge is -2.31. The lowest BCUT2D eigenvalue weighted by molar-refractivity contribution is -0.150. The average molecular weight is 372 g/mol. The van der Waals surface area contributed by atoms with Crippen LogP contribution in [0.15, 0.2) is 0 Å². The highest BCUT2D eigenvalue weighted by Gasteiger charge is 2.32. The fraction of sp³-hybridized carbons (Fsp3) is 1.00. The monoisotopic (exact) mass is 372 g/mol. The molecule has 0 bridgehead atoms. The molecule has 0 aromatic heterocycles. The van der Waals surface area contributed by atoms with E-state index < -0.39 is 56.3 Å². The molecule has 9 nitrogen and oxygen atoms in total. The molecule has 0 aromatic rings. The van der Waals surface area contributed by atoms with E-state index in [2.05, 4.69) is 0 Å². The minimum absolute atomic E-state index is 0.141. The van der Waals surface area contributed by atoms with Crippen molar-refractivity contribution in [3.05, 3.63) is 0 Å². The maximum atomic E-state index is 9.03. The Morgan fingerprint density at radius 2 is 1.00 bits per heavy atom. The van der Waals surface area contributed by atoms with Crippen LogP contribution in [-0.4, -0.2) is 99.5 Å². The van der Waals surface area contributed by atoms with Gasteiger partial charge in [-0.3, -0.25) is 0 Å². The van der Waals surface area contributed by atoms with Crippen molar-refractivity contribution in [2.45, 2.75) is 38.9 Å². The highest BCUT2D eigenvalue weighted by molar-refractivity contribution is 4.80. The summed E-state index contributed by atoms with van der Waals surface area (Å²) >= 11 is 0. The van der Waals surface area contributed by atoms with E-state index in [0.29, 0.717) is 6.42 Å². The van der Waals surface area contributed by atoms with E-state index in [1.165, 1.54) is 6.92 Å². The maximum absolute atomic E-state index is 9.03. The van der Waals surface area contributed by atoms with Gasteiger partial charge in [-0.2, -0.15) is 0 Å². The number of hydrogen-bond acceptors (Lipinski definition) is 9. The number of ether oxygens (including phenoxy) is 1. The maximum Gasteiger partial charge on any atom is 0.159 e. The molecule has 8 N–H and O–H groups in total. The van der Waals surface area contributed by atoms with Crippen LogP contribution in [0.2, 0.25) is 0 Å². The highest BCUT2D eigenvalue weighted by Crippen LogP contribution is 2.19. The third-order valence-electron chi connectivity index (χ3n) is 3.83. The van der Waals surface area contributed by atoms with Gasteiger partial charge in [-0.15, -0.1) is 0 Å². The lowest BCUT2D eigenvalue weighted by atomic mass is 9.91. The zero-order valence-electron chi connectivity index (χ0n) is 15.3. The van der Waals surface area contributed by atoms with E-state index in [-0.39, 0.29) is 13.2 Å². The summed E-state index contributed by atoms with van der Waals surface area (Å²) in [6.45, 7) is 0.420. The fourth-order valence-electron chi connectivity index (χ4n) is 1.57. The summed E-state index contributed by atoms with van der Waals surface area (Å²) < 4.78 is 5.15. The highest BCUT2D eigenvalue weighted by atomic mass is 16.5. The molecule has 25 heavy (non-hydrogen) atoms. The van der Waals surface area contributed by atoms with Crippen molar-refractivity contribution in [1.82, 2.24) is 0 Å². The van der Waals surface area contributed by atoms with Gasteiger partial charge >= 0.3 is 0 Å². The minimum Gasteiger partial charge on any atom is -0.396 e. The molecular weight excluding hydrogens is 336 g/mol. The summed E-state index contributed by atoms with van der Waals surface area (Å²) in [5.41, 5.74) is -2.32. The first-order chi connectivity index (χ1) is 11.6. The standard InChI is InChI=1S/C10H22O7.C6H14O2/c11-1-9(2-12,3-13)7-17-8-10(4-14,5-15)6-16;1-3-4-5-6(2,7)8/h11-16H,1-8H2;7-8H,3-5H2,1-2H3. The molecule has 0 aliphatic rings. The molecule has 0 aromatic carbocycles. The number of aliphatic hydroxyl groups is 8. The van der Waals surface area contributed by atoms with Crippen molar-refractivity contribution in [2.24, 2.45) is 10.8 Å². The van der Waals surface area contributed by atoms with Crippen molar-refractivity contribution < 1.29 is 45.6 Å². The minimum atomic E-state index is -1.45.